The fourth-order valence-electron chi connectivity index (χ4n) is 1.95. The molecule has 1 aliphatic rings. The Morgan fingerprint density at radius 3 is 2.59 bits per heavy atom. The van der Waals surface area contributed by atoms with E-state index in [2.05, 4.69) is 11.8 Å². The van der Waals surface area contributed by atoms with Gasteiger partial charge in [-0.25, -0.2) is 4.79 Å². The molecule has 1 heterocycles. The lowest BCUT2D eigenvalue weighted by atomic mass is 10.1. The predicted octanol–water partition coefficient (Wildman–Crippen LogP) is 3.19. The second-order valence-corrected chi connectivity index (χ2v) is 4.54. The summed E-state index contributed by atoms with van der Waals surface area (Å²) in [7, 11) is 0. The first kappa shape index (κ1) is 13.8. The van der Waals surface area contributed by atoms with E-state index in [9.17, 15) is 4.79 Å². The summed E-state index contributed by atoms with van der Waals surface area (Å²) in [5, 5.41) is 8.78. The molecule has 3 heteroatoms. The van der Waals surface area contributed by atoms with Gasteiger partial charge in [-0.3, -0.25) is 0 Å². The van der Waals surface area contributed by atoms with Gasteiger partial charge in [0, 0.05) is 19.3 Å². The van der Waals surface area contributed by atoms with Gasteiger partial charge in [-0.1, -0.05) is 45.1 Å². The standard InChI is InChI=1S/C14H23NO2/c1-2-3-4-5-6-7-10-15-11-8-13(9-12-15)14(16)17/h8-9,11H,2-7,10,12H2,1H3,(H,16,17). The number of hydrogen-bond acceptors (Lipinski definition) is 2. The van der Waals surface area contributed by atoms with Crippen molar-refractivity contribution >= 4 is 5.97 Å². The first-order chi connectivity index (χ1) is 8.24. The van der Waals surface area contributed by atoms with E-state index in [4.69, 9.17) is 5.11 Å². The van der Waals surface area contributed by atoms with Crippen molar-refractivity contribution in [2.24, 2.45) is 0 Å². The Kier molecular flexibility index (Phi) is 6.45. The third kappa shape index (κ3) is 5.57. The fourth-order valence-corrected chi connectivity index (χ4v) is 1.95. The quantitative estimate of drug-likeness (QED) is 0.659. The molecule has 1 rings (SSSR count). The number of carboxylic acids is 1. The minimum Gasteiger partial charge on any atom is -0.478 e. The SMILES string of the molecule is CCCCCCCCN1C=CC(C(=O)O)=CC1. The molecule has 0 aromatic heterocycles. The Labute approximate surface area is 104 Å². The molecule has 96 valence electrons. The lowest BCUT2D eigenvalue weighted by molar-refractivity contribution is -0.132. The summed E-state index contributed by atoms with van der Waals surface area (Å²) in [5.74, 6) is -0.833. The summed E-state index contributed by atoms with van der Waals surface area (Å²) >= 11 is 0. The monoisotopic (exact) mass is 237 g/mol. The molecular formula is C14H23NO2. The van der Waals surface area contributed by atoms with Gasteiger partial charge < -0.3 is 10.0 Å². The highest BCUT2D eigenvalue weighted by Gasteiger charge is 2.08. The fraction of sp³-hybridized carbons (Fsp3) is 0.643. The third-order valence-corrected chi connectivity index (χ3v) is 3.06. The maximum Gasteiger partial charge on any atom is 0.335 e. The van der Waals surface area contributed by atoms with E-state index in [0.29, 0.717) is 5.57 Å². The van der Waals surface area contributed by atoms with Crippen molar-refractivity contribution in [1.82, 2.24) is 4.90 Å². The molecule has 0 radical (unpaired) electrons. The van der Waals surface area contributed by atoms with Crippen LogP contribution in [0.4, 0.5) is 0 Å². The highest BCUT2D eigenvalue weighted by Crippen LogP contribution is 2.10. The first-order valence-electron chi connectivity index (χ1n) is 6.59. The molecule has 1 N–H and O–H groups in total. The van der Waals surface area contributed by atoms with Crippen molar-refractivity contribution in [2.75, 3.05) is 13.1 Å². The minimum absolute atomic E-state index is 0.407. The normalized spacial score (nSPS) is 14.9. The molecule has 1 aliphatic heterocycles. The number of carbonyl (C=O) groups is 1. The van der Waals surface area contributed by atoms with Gasteiger partial charge in [0.15, 0.2) is 0 Å². The van der Waals surface area contributed by atoms with Gasteiger partial charge >= 0.3 is 5.97 Å². The summed E-state index contributed by atoms with van der Waals surface area (Å²) in [6.07, 6.45) is 13.1. The van der Waals surface area contributed by atoms with Gasteiger partial charge in [0.2, 0.25) is 0 Å². The molecule has 0 aromatic rings. The molecule has 0 amide bonds. The molecule has 3 nitrogen and oxygen atoms in total. The zero-order valence-electron chi connectivity index (χ0n) is 10.7. The summed E-state index contributed by atoms with van der Waals surface area (Å²) in [6.45, 7) is 3.99. The van der Waals surface area contributed by atoms with E-state index >= 15 is 0 Å². The van der Waals surface area contributed by atoms with E-state index in [-0.39, 0.29) is 0 Å². The Morgan fingerprint density at radius 2 is 2.00 bits per heavy atom. The van der Waals surface area contributed by atoms with Crippen LogP contribution in [-0.2, 0) is 4.79 Å². The Morgan fingerprint density at radius 1 is 1.29 bits per heavy atom. The van der Waals surface area contributed by atoms with Crippen molar-refractivity contribution in [3.63, 3.8) is 0 Å². The Balaban J connectivity index is 2.07. The number of aliphatic carboxylic acids is 1. The van der Waals surface area contributed by atoms with Crippen molar-refractivity contribution in [2.45, 2.75) is 45.4 Å². The van der Waals surface area contributed by atoms with Crippen molar-refractivity contribution in [3.8, 4) is 0 Å². The second-order valence-electron chi connectivity index (χ2n) is 4.54. The van der Waals surface area contributed by atoms with Crippen molar-refractivity contribution < 1.29 is 9.90 Å². The minimum atomic E-state index is -0.833. The average molecular weight is 237 g/mol. The molecule has 0 aliphatic carbocycles. The molecule has 17 heavy (non-hydrogen) atoms. The number of carboxylic acid groups (broad SMARTS) is 1. The van der Waals surface area contributed by atoms with E-state index < -0.39 is 5.97 Å². The van der Waals surface area contributed by atoms with E-state index in [1.807, 2.05) is 6.20 Å². The zero-order valence-corrected chi connectivity index (χ0v) is 10.7. The third-order valence-electron chi connectivity index (χ3n) is 3.06. The van der Waals surface area contributed by atoms with Crippen LogP contribution in [0.2, 0.25) is 0 Å². The molecule has 0 saturated carbocycles. The highest BCUT2D eigenvalue weighted by atomic mass is 16.4. The molecule has 0 bridgehead atoms. The maximum atomic E-state index is 10.7. The summed E-state index contributed by atoms with van der Waals surface area (Å²) in [4.78, 5) is 12.9. The zero-order chi connectivity index (χ0) is 12.5. The first-order valence-corrected chi connectivity index (χ1v) is 6.59. The van der Waals surface area contributed by atoms with E-state index in [1.165, 1.54) is 38.5 Å². The number of hydrogen-bond donors (Lipinski definition) is 1. The number of nitrogens with zero attached hydrogens (tertiary/aromatic N) is 1. The van der Waals surface area contributed by atoms with Crippen LogP contribution < -0.4 is 0 Å². The molecular weight excluding hydrogens is 214 g/mol. The largest absolute Gasteiger partial charge is 0.478 e. The molecule has 0 spiro atoms. The van der Waals surface area contributed by atoms with Gasteiger partial charge in [0.25, 0.3) is 0 Å². The maximum absolute atomic E-state index is 10.7. The molecule has 0 saturated heterocycles. The molecule has 0 unspecified atom stereocenters. The van der Waals surface area contributed by atoms with Gasteiger partial charge in [-0.2, -0.15) is 0 Å². The number of rotatable bonds is 8. The van der Waals surface area contributed by atoms with Crippen LogP contribution >= 0.6 is 0 Å². The highest BCUT2D eigenvalue weighted by molar-refractivity contribution is 5.90. The summed E-state index contributed by atoms with van der Waals surface area (Å²) in [5.41, 5.74) is 0.407. The van der Waals surface area contributed by atoms with Crippen LogP contribution in [0.1, 0.15) is 45.4 Å². The summed E-state index contributed by atoms with van der Waals surface area (Å²) < 4.78 is 0. The van der Waals surface area contributed by atoms with Crippen LogP contribution in [-0.4, -0.2) is 29.1 Å². The van der Waals surface area contributed by atoms with E-state index in [1.54, 1.807) is 12.2 Å². The van der Waals surface area contributed by atoms with Gasteiger partial charge in [-0.05, 0) is 12.5 Å². The van der Waals surface area contributed by atoms with Gasteiger partial charge in [0.05, 0.1) is 5.57 Å². The van der Waals surface area contributed by atoms with Crippen LogP contribution in [0.25, 0.3) is 0 Å². The lowest BCUT2D eigenvalue weighted by Gasteiger charge is -2.21. The van der Waals surface area contributed by atoms with Gasteiger partial charge in [-0.15, -0.1) is 0 Å². The van der Waals surface area contributed by atoms with Crippen molar-refractivity contribution in [3.05, 3.63) is 23.9 Å². The van der Waals surface area contributed by atoms with Crippen LogP contribution in [0.3, 0.4) is 0 Å². The second kappa shape index (κ2) is 7.93. The van der Waals surface area contributed by atoms with Crippen LogP contribution in [0, 0.1) is 0 Å². The van der Waals surface area contributed by atoms with Gasteiger partial charge in [0.1, 0.15) is 0 Å². The topological polar surface area (TPSA) is 40.5 Å². The van der Waals surface area contributed by atoms with Crippen molar-refractivity contribution in [1.29, 1.82) is 0 Å². The lowest BCUT2D eigenvalue weighted by Crippen LogP contribution is -2.22. The van der Waals surface area contributed by atoms with E-state index in [0.717, 1.165) is 13.1 Å². The van der Waals surface area contributed by atoms with Crippen LogP contribution in [0.5, 0.6) is 0 Å². The Bertz CT molecular complexity index is 295. The molecule has 0 aromatic carbocycles. The predicted molar refractivity (Wildman–Crippen MR) is 69.8 cm³/mol. The number of unbranched alkanes of at least 4 members (excludes halogenated alkanes) is 5. The average Bonchev–Trinajstić information content (AvgIpc) is 2.34. The Hall–Kier alpha value is -1.25. The smallest absolute Gasteiger partial charge is 0.335 e. The molecule has 0 atom stereocenters. The van der Waals surface area contributed by atoms with Crippen LogP contribution in [0.15, 0.2) is 23.9 Å². The summed E-state index contributed by atoms with van der Waals surface area (Å²) in [6, 6.07) is 0. The molecule has 0 fully saturated rings.